The molecule has 0 saturated carbocycles. The Balaban J connectivity index is 4.75. The predicted octanol–water partition coefficient (Wildman–Crippen LogP) is 1.27. The summed E-state index contributed by atoms with van der Waals surface area (Å²) in [5, 5.41) is 11.3. The van der Waals surface area contributed by atoms with Gasteiger partial charge in [-0.2, -0.15) is 0 Å². The number of nitrogens with zero attached hydrogens (tertiary/aromatic N) is 1. The number of carbonyl (C=O) groups is 2. The first-order valence-electron chi connectivity index (χ1n) is 4.22. The third-order valence-corrected chi connectivity index (χ3v) is 1.62. The lowest BCUT2D eigenvalue weighted by atomic mass is 9.96. The molecule has 0 saturated heterocycles. The van der Waals surface area contributed by atoms with E-state index in [4.69, 9.17) is 5.21 Å². The molecule has 0 aliphatic rings. The molecule has 0 heterocycles. The standard InChI is InChI=1S/C9H15NO3/c1-5(2)8(11)7(10-13)9(12)6(3)4/h5-6,13H,1-4H3. The molecule has 0 radical (unpaired) electrons. The van der Waals surface area contributed by atoms with Crippen molar-refractivity contribution in [3.63, 3.8) is 0 Å². The molecule has 0 aliphatic carbocycles. The summed E-state index contributed by atoms with van der Waals surface area (Å²) in [6, 6.07) is 0. The van der Waals surface area contributed by atoms with Crippen molar-refractivity contribution in [1.82, 2.24) is 0 Å². The summed E-state index contributed by atoms with van der Waals surface area (Å²) >= 11 is 0. The summed E-state index contributed by atoms with van der Waals surface area (Å²) in [5.74, 6) is -1.48. The zero-order valence-electron chi connectivity index (χ0n) is 8.37. The van der Waals surface area contributed by atoms with Crippen LogP contribution in [0.2, 0.25) is 0 Å². The van der Waals surface area contributed by atoms with Crippen LogP contribution >= 0.6 is 0 Å². The average Bonchev–Trinajstić information content (AvgIpc) is 2.04. The van der Waals surface area contributed by atoms with Crippen LogP contribution in [0.4, 0.5) is 0 Å². The van der Waals surface area contributed by atoms with Crippen molar-refractivity contribution in [3.8, 4) is 0 Å². The number of hydrogen-bond acceptors (Lipinski definition) is 4. The van der Waals surface area contributed by atoms with Gasteiger partial charge in [0.05, 0.1) is 0 Å². The highest BCUT2D eigenvalue weighted by Crippen LogP contribution is 2.03. The molecule has 4 nitrogen and oxygen atoms in total. The molecule has 0 unspecified atom stereocenters. The van der Waals surface area contributed by atoms with Crippen molar-refractivity contribution < 1.29 is 14.8 Å². The van der Waals surface area contributed by atoms with Crippen LogP contribution in [0.5, 0.6) is 0 Å². The maximum atomic E-state index is 11.3. The molecule has 0 atom stereocenters. The van der Waals surface area contributed by atoms with Gasteiger partial charge in [-0.1, -0.05) is 32.9 Å². The molecule has 0 aromatic carbocycles. The minimum Gasteiger partial charge on any atom is -0.410 e. The third kappa shape index (κ3) is 2.97. The molecule has 0 fully saturated rings. The van der Waals surface area contributed by atoms with E-state index >= 15 is 0 Å². The first-order valence-corrected chi connectivity index (χ1v) is 4.22. The number of oxime groups is 1. The first kappa shape index (κ1) is 11.8. The topological polar surface area (TPSA) is 66.7 Å². The molecule has 74 valence electrons. The predicted molar refractivity (Wildman–Crippen MR) is 48.9 cm³/mol. The van der Waals surface area contributed by atoms with E-state index in [-0.39, 0.29) is 17.5 Å². The van der Waals surface area contributed by atoms with Gasteiger partial charge in [0.2, 0.25) is 0 Å². The Kier molecular flexibility index (Phi) is 4.31. The quantitative estimate of drug-likeness (QED) is 0.310. The number of rotatable bonds is 4. The highest BCUT2D eigenvalue weighted by Gasteiger charge is 2.25. The van der Waals surface area contributed by atoms with Crippen LogP contribution in [0, 0.1) is 11.8 Å². The maximum Gasteiger partial charge on any atom is 0.190 e. The van der Waals surface area contributed by atoms with Crippen LogP contribution < -0.4 is 0 Å². The SMILES string of the molecule is CC(C)C(=O)C(=NO)C(=O)C(C)C. The zero-order valence-corrected chi connectivity index (χ0v) is 8.37. The van der Waals surface area contributed by atoms with Gasteiger partial charge in [-0.3, -0.25) is 9.59 Å². The molecule has 13 heavy (non-hydrogen) atoms. The summed E-state index contributed by atoms with van der Waals surface area (Å²) in [4.78, 5) is 22.6. The Labute approximate surface area is 77.6 Å². The molecule has 1 N–H and O–H groups in total. The van der Waals surface area contributed by atoms with Crippen molar-refractivity contribution in [2.24, 2.45) is 17.0 Å². The molecule has 0 aromatic rings. The summed E-state index contributed by atoms with van der Waals surface area (Å²) in [5.41, 5.74) is -0.343. The number of ketones is 2. The van der Waals surface area contributed by atoms with Gasteiger partial charge in [0.15, 0.2) is 17.3 Å². The molecular weight excluding hydrogens is 170 g/mol. The lowest BCUT2D eigenvalue weighted by molar-refractivity contribution is -0.120. The Morgan fingerprint density at radius 3 is 1.46 bits per heavy atom. The fourth-order valence-electron chi connectivity index (χ4n) is 0.767. The first-order chi connectivity index (χ1) is 5.91. The van der Waals surface area contributed by atoms with Crippen molar-refractivity contribution >= 4 is 17.3 Å². The second kappa shape index (κ2) is 4.74. The van der Waals surface area contributed by atoms with Crippen molar-refractivity contribution in [2.45, 2.75) is 27.7 Å². The van der Waals surface area contributed by atoms with Gasteiger partial charge in [-0.25, -0.2) is 0 Å². The molecular formula is C9H15NO3. The van der Waals surface area contributed by atoms with Crippen LogP contribution in [-0.4, -0.2) is 22.5 Å². The van der Waals surface area contributed by atoms with Crippen LogP contribution in [0.25, 0.3) is 0 Å². The smallest absolute Gasteiger partial charge is 0.190 e. The van der Waals surface area contributed by atoms with Gasteiger partial charge >= 0.3 is 0 Å². The number of Topliss-reactive ketones (excluding diaryl/α,β-unsaturated/α-hetero) is 2. The molecule has 0 bridgehead atoms. The van der Waals surface area contributed by atoms with Crippen LogP contribution in [0.3, 0.4) is 0 Å². The van der Waals surface area contributed by atoms with Crippen molar-refractivity contribution in [2.75, 3.05) is 0 Å². The summed E-state index contributed by atoms with van der Waals surface area (Å²) in [6.07, 6.45) is 0. The highest BCUT2D eigenvalue weighted by molar-refractivity contribution is 6.66. The number of hydrogen-bond donors (Lipinski definition) is 1. The lowest BCUT2D eigenvalue weighted by Crippen LogP contribution is -2.31. The largest absolute Gasteiger partial charge is 0.410 e. The summed E-state index contributed by atoms with van der Waals surface area (Å²) in [6.45, 7) is 6.62. The van der Waals surface area contributed by atoms with Gasteiger partial charge in [0.25, 0.3) is 0 Å². The zero-order chi connectivity index (χ0) is 10.6. The van der Waals surface area contributed by atoms with E-state index in [1.165, 1.54) is 0 Å². The van der Waals surface area contributed by atoms with Gasteiger partial charge in [0, 0.05) is 11.8 Å². The van der Waals surface area contributed by atoms with Crippen LogP contribution in [-0.2, 0) is 9.59 Å². The second-order valence-electron chi connectivity index (χ2n) is 3.49. The van der Waals surface area contributed by atoms with Crippen molar-refractivity contribution in [3.05, 3.63) is 0 Å². The van der Waals surface area contributed by atoms with E-state index in [0.29, 0.717) is 0 Å². The minimum atomic E-state index is -0.416. The highest BCUT2D eigenvalue weighted by atomic mass is 16.4. The minimum absolute atomic E-state index is 0.325. The Bertz CT molecular complexity index is 219. The molecule has 0 aliphatic heterocycles. The summed E-state index contributed by atoms with van der Waals surface area (Å²) < 4.78 is 0. The fraction of sp³-hybridized carbons (Fsp3) is 0.667. The third-order valence-electron chi connectivity index (χ3n) is 1.62. The monoisotopic (exact) mass is 185 g/mol. The lowest BCUT2D eigenvalue weighted by Gasteiger charge is -2.06. The molecule has 0 rings (SSSR count). The van der Waals surface area contributed by atoms with Crippen molar-refractivity contribution in [1.29, 1.82) is 0 Å². The Morgan fingerprint density at radius 2 is 1.31 bits per heavy atom. The fourth-order valence-corrected chi connectivity index (χ4v) is 0.767. The second-order valence-corrected chi connectivity index (χ2v) is 3.49. The van der Waals surface area contributed by atoms with Gasteiger partial charge in [-0.05, 0) is 0 Å². The number of carbonyl (C=O) groups excluding carboxylic acids is 2. The molecule has 0 amide bonds. The van der Waals surface area contributed by atoms with E-state index in [2.05, 4.69) is 5.16 Å². The van der Waals surface area contributed by atoms with E-state index in [1.54, 1.807) is 27.7 Å². The van der Waals surface area contributed by atoms with Crippen LogP contribution in [0.15, 0.2) is 5.16 Å². The average molecular weight is 185 g/mol. The Morgan fingerprint density at radius 1 is 1.00 bits per heavy atom. The molecule has 0 aromatic heterocycles. The van der Waals surface area contributed by atoms with E-state index in [1.807, 2.05) is 0 Å². The Hall–Kier alpha value is -1.19. The van der Waals surface area contributed by atoms with Crippen LogP contribution in [0.1, 0.15) is 27.7 Å². The maximum absolute atomic E-state index is 11.3. The van der Waals surface area contributed by atoms with Gasteiger partial charge in [-0.15, -0.1) is 0 Å². The molecule has 4 heteroatoms. The van der Waals surface area contributed by atoms with E-state index in [0.717, 1.165) is 0 Å². The molecule has 0 spiro atoms. The van der Waals surface area contributed by atoms with E-state index < -0.39 is 11.6 Å². The van der Waals surface area contributed by atoms with Gasteiger partial charge < -0.3 is 5.21 Å². The normalized spacial score (nSPS) is 10.3. The summed E-state index contributed by atoms with van der Waals surface area (Å²) in [7, 11) is 0. The van der Waals surface area contributed by atoms with E-state index in [9.17, 15) is 9.59 Å². The van der Waals surface area contributed by atoms with Gasteiger partial charge in [0.1, 0.15) is 0 Å².